The highest BCUT2D eigenvalue weighted by Crippen LogP contribution is 2.24. The minimum Gasteiger partial charge on any atom is -0.355 e. The minimum atomic E-state index is -0.375. The van der Waals surface area contributed by atoms with E-state index >= 15 is 0 Å². The molecule has 1 saturated heterocycles. The van der Waals surface area contributed by atoms with E-state index in [-0.39, 0.29) is 23.5 Å². The van der Waals surface area contributed by atoms with Gasteiger partial charge in [-0.3, -0.25) is 4.79 Å². The van der Waals surface area contributed by atoms with E-state index < -0.39 is 0 Å². The van der Waals surface area contributed by atoms with Crippen LogP contribution in [0.25, 0.3) is 11.3 Å². The Balaban J connectivity index is 1.34. The van der Waals surface area contributed by atoms with Crippen LogP contribution in [0.15, 0.2) is 60.7 Å². The maximum Gasteiger partial charge on any atom is 0.227 e. The molecular weight excluding hydrogens is 374 g/mol. The molecule has 1 aromatic heterocycles. The fourth-order valence-electron chi connectivity index (χ4n) is 3.45. The molecule has 29 heavy (non-hydrogen) atoms. The summed E-state index contributed by atoms with van der Waals surface area (Å²) in [5.41, 5.74) is 1.95. The predicted octanol–water partition coefficient (Wildman–Crippen LogP) is 4.28. The Morgan fingerprint density at radius 3 is 2.34 bits per heavy atom. The molecule has 1 N–H and O–H groups in total. The zero-order chi connectivity index (χ0) is 20.2. The minimum absolute atomic E-state index is 0.0898. The molecule has 1 amide bonds. The monoisotopic (exact) mass is 394 g/mol. The Bertz CT molecular complexity index is 984. The van der Waals surface area contributed by atoms with Gasteiger partial charge in [0.05, 0.1) is 5.69 Å². The highest BCUT2D eigenvalue weighted by Gasteiger charge is 2.26. The lowest BCUT2D eigenvalue weighted by molar-refractivity contribution is -0.120. The zero-order valence-corrected chi connectivity index (χ0v) is 15.7. The highest BCUT2D eigenvalue weighted by molar-refractivity contribution is 5.92. The van der Waals surface area contributed by atoms with Gasteiger partial charge in [-0.15, -0.1) is 10.2 Å². The Kier molecular flexibility index (Phi) is 5.46. The van der Waals surface area contributed by atoms with Crippen LogP contribution in [0, 0.1) is 17.6 Å². The fourth-order valence-corrected chi connectivity index (χ4v) is 3.45. The van der Waals surface area contributed by atoms with E-state index in [0.717, 1.165) is 11.4 Å². The highest BCUT2D eigenvalue weighted by atomic mass is 19.1. The van der Waals surface area contributed by atoms with Crippen molar-refractivity contribution in [2.24, 2.45) is 5.92 Å². The Morgan fingerprint density at radius 1 is 0.931 bits per heavy atom. The first-order chi connectivity index (χ1) is 14.1. The molecule has 4 rings (SSSR count). The van der Waals surface area contributed by atoms with Crippen molar-refractivity contribution in [3.05, 3.63) is 72.3 Å². The van der Waals surface area contributed by atoms with Gasteiger partial charge in [-0.2, -0.15) is 0 Å². The van der Waals surface area contributed by atoms with Crippen LogP contribution in [0.2, 0.25) is 0 Å². The van der Waals surface area contributed by atoms with Gasteiger partial charge in [-0.25, -0.2) is 8.78 Å². The van der Waals surface area contributed by atoms with Crippen molar-refractivity contribution in [1.29, 1.82) is 0 Å². The summed E-state index contributed by atoms with van der Waals surface area (Å²) in [6, 6.07) is 15.8. The third kappa shape index (κ3) is 4.56. The molecule has 0 aliphatic carbocycles. The molecule has 0 saturated carbocycles. The van der Waals surface area contributed by atoms with E-state index in [1.54, 1.807) is 24.3 Å². The van der Waals surface area contributed by atoms with Gasteiger partial charge >= 0.3 is 0 Å². The van der Waals surface area contributed by atoms with Crippen molar-refractivity contribution in [2.75, 3.05) is 23.3 Å². The summed E-state index contributed by atoms with van der Waals surface area (Å²) in [6.45, 7) is 1.37. The quantitative estimate of drug-likeness (QED) is 0.718. The molecule has 0 unspecified atom stereocenters. The summed E-state index contributed by atoms with van der Waals surface area (Å²) in [4.78, 5) is 14.5. The molecule has 1 aliphatic rings. The second-order valence-electron chi connectivity index (χ2n) is 7.04. The molecular formula is C22H20F2N4O. The lowest BCUT2D eigenvalue weighted by Gasteiger charge is -2.31. The van der Waals surface area contributed by atoms with Crippen LogP contribution >= 0.6 is 0 Å². The van der Waals surface area contributed by atoms with Gasteiger partial charge in [0.1, 0.15) is 11.6 Å². The fraction of sp³-hybridized carbons (Fsp3) is 0.227. The zero-order valence-electron chi connectivity index (χ0n) is 15.7. The molecule has 0 atom stereocenters. The van der Waals surface area contributed by atoms with Crippen molar-refractivity contribution in [3.63, 3.8) is 0 Å². The lowest BCUT2D eigenvalue weighted by atomic mass is 9.96. The number of anilines is 2. The number of aromatic nitrogens is 2. The van der Waals surface area contributed by atoms with Crippen molar-refractivity contribution < 1.29 is 13.6 Å². The summed E-state index contributed by atoms with van der Waals surface area (Å²) in [5.74, 6) is -0.128. The molecule has 0 radical (unpaired) electrons. The third-order valence-corrected chi connectivity index (χ3v) is 5.07. The van der Waals surface area contributed by atoms with Crippen LogP contribution in [0.1, 0.15) is 12.8 Å². The molecule has 2 heterocycles. The number of carbonyl (C=O) groups excluding carboxylic acids is 1. The number of halogens is 2. The molecule has 2 aromatic carbocycles. The maximum atomic E-state index is 13.3. The number of hydrogen-bond acceptors (Lipinski definition) is 4. The molecule has 3 aromatic rings. The van der Waals surface area contributed by atoms with Gasteiger partial charge in [0.15, 0.2) is 5.82 Å². The molecule has 1 aliphatic heterocycles. The molecule has 7 heteroatoms. The average Bonchev–Trinajstić information content (AvgIpc) is 2.75. The first kappa shape index (κ1) is 19.0. The lowest BCUT2D eigenvalue weighted by Crippen LogP contribution is -2.38. The van der Waals surface area contributed by atoms with Crippen LogP contribution < -0.4 is 10.2 Å². The number of amides is 1. The van der Waals surface area contributed by atoms with Gasteiger partial charge in [-0.05, 0) is 67.4 Å². The number of nitrogens with one attached hydrogen (secondary N) is 1. The van der Waals surface area contributed by atoms with Gasteiger partial charge in [0, 0.05) is 30.3 Å². The number of nitrogens with zero attached hydrogens (tertiary/aromatic N) is 3. The molecule has 5 nitrogen and oxygen atoms in total. The molecule has 148 valence electrons. The number of hydrogen-bond donors (Lipinski definition) is 1. The Labute approximate surface area is 167 Å². The largest absolute Gasteiger partial charge is 0.355 e. The predicted molar refractivity (Wildman–Crippen MR) is 107 cm³/mol. The van der Waals surface area contributed by atoms with Gasteiger partial charge in [0.25, 0.3) is 0 Å². The molecule has 1 fully saturated rings. The van der Waals surface area contributed by atoms with Crippen LogP contribution in [0.4, 0.5) is 20.3 Å². The number of piperidine rings is 1. The second-order valence-corrected chi connectivity index (χ2v) is 7.04. The first-order valence-electron chi connectivity index (χ1n) is 9.49. The van der Waals surface area contributed by atoms with Crippen molar-refractivity contribution in [1.82, 2.24) is 10.2 Å². The van der Waals surface area contributed by atoms with Gasteiger partial charge < -0.3 is 10.2 Å². The Morgan fingerprint density at radius 2 is 1.69 bits per heavy atom. The van der Waals surface area contributed by atoms with E-state index in [4.69, 9.17) is 0 Å². The van der Waals surface area contributed by atoms with Crippen molar-refractivity contribution >= 4 is 17.4 Å². The second kappa shape index (κ2) is 8.34. The maximum absolute atomic E-state index is 13.3. The number of carbonyl (C=O) groups is 1. The number of benzene rings is 2. The first-order valence-corrected chi connectivity index (χ1v) is 9.49. The summed E-state index contributed by atoms with van der Waals surface area (Å²) >= 11 is 0. The SMILES string of the molecule is O=C(Nc1cccc(F)c1)C1CCN(c2ccc(-c3ccc(F)cc3)nn2)CC1. The van der Waals surface area contributed by atoms with E-state index in [2.05, 4.69) is 20.4 Å². The van der Waals surface area contributed by atoms with Crippen LogP contribution in [0.3, 0.4) is 0 Å². The van der Waals surface area contributed by atoms with E-state index in [0.29, 0.717) is 37.3 Å². The van der Waals surface area contributed by atoms with Crippen LogP contribution in [0.5, 0.6) is 0 Å². The summed E-state index contributed by atoms with van der Waals surface area (Å²) in [6.07, 6.45) is 1.37. The molecule has 0 spiro atoms. The van der Waals surface area contributed by atoms with Crippen LogP contribution in [-0.2, 0) is 4.79 Å². The third-order valence-electron chi connectivity index (χ3n) is 5.07. The van der Waals surface area contributed by atoms with Gasteiger partial charge in [0.2, 0.25) is 5.91 Å². The van der Waals surface area contributed by atoms with E-state index in [9.17, 15) is 13.6 Å². The van der Waals surface area contributed by atoms with Gasteiger partial charge in [-0.1, -0.05) is 6.07 Å². The normalized spacial score (nSPS) is 14.6. The van der Waals surface area contributed by atoms with E-state index in [1.165, 1.54) is 24.3 Å². The van der Waals surface area contributed by atoms with Crippen molar-refractivity contribution in [2.45, 2.75) is 12.8 Å². The smallest absolute Gasteiger partial charge is 0.227 e. The average molecular weight is 394 g/mol. The Hall–Kier alpha value is -3.35. The summed E-state index contributed by atoms with van der Waals surface area (Å²) < 4.78 is 26.3. The molecule has 0 bridgehead atoms. The summed E-state index contributed by atoms with van der Waals surface area (Å²) in [5, 5.41) is 11.3. The topological polar surface area (TPSA) is 58.1 Å². The van der Waals surface area contributed by atoms with E-state index in [1.807, 2.05) is 12.1 Å². The summed E-state index contributed by atoms with van der Waals surface area (Å²) in [7, 11) is 0. The van der Waals surface area contributed by atoms with Crippen LogP contribution in [-0.4, -0.2) is 29.2 Å². The standard InChI is InChI=1S/C22H20F2N4O/c23-17-6-4-15(5-7-17)20-8-9-21(27-26-20)28-12-10-16(11-13-28)22(29)25-19-3-1-2-18(24)14-19/h1-9,14,16H,10-13H2,(H,25,29). The van der Waals surface area contributed by atoms with Crippen molar-refractivity contribution in [3.8, 4) is 11.3 Å². The number of rotatable bonds is 4.